The number of likely N-dealkylation sites (N-methyl/N-ethyl adjacent to an activating group) is 1. The second kappa shape index (κ2) is 6.95. The molecule has 0 aliphatic carbocycles. The fourth-order valence-electron chi connectivity index (χ4n) is 2.24. The van der Waals surface area contributed by atoms with E-state index in [0.717, 1.165) is 17.7 Å². The molecule has 0 aliphatic heterocycles. The number of benzene rings is 2. The SMILES string of the molecule is CCNC(Cc1ccc([N+](=O)[O-])cc1)c1ccc(F)cc1. The van der Waals surface area contributed by atoms with Gasteiger partial charge in [0.2, 0.25) is 0 Å². The summed E-state index contributed by atoms with van der Waals surface area (Å²) in [5.41, 5.74) is 2.08. The fourth-order valence-corrected chi connectivity index (χ4v) is 2.24. The summed E-state index contributed by atoms with van der Waals surface area (Å²) in [5, 5.41) is 14.0. The molecule has 0 aliphatic rings. The Labute approximate surface area is 122 Å². The highest BCUT2D eigenvalue weighted by Gasteiger charge is 2.12. The van der Waals surface area contributed by atoms with E-state index in [4.69, 9.17) is 0 Å². The van der Waals surface area contributed by atoms with Crippen molar-refractivity contribution in [2.24, 2.45) is 0 Å². The number of nitro groups is 1. The minimum Gasteiger partial charge on any atom is -0.310 e. The number of nitrogens with one attached hydrogen (secondary N) is 1. The normalized spacial score (nSPS) is 12.1. The average molecular weight is 288 g/mol. The highest BCUT2D eigenvalue weighted by Crippen LogP contribution is 2.20. The Bertz CT molecular complexity index is 597. The van der Waals surface area contributed by atoms with Crippen molar-refractivity contribution in [2.45, 2.75) is 19.4 Å². The molecule has 1 atom stereocenters. The third-order valence-corrected chi connectivity index (χ3v) is 3.31. The van der Waals surface area contributed by atoms with E-state index in [1.807, 2.05) is 6.92 Å². The van der Waals surface area contributed by atoms with Crippen LogP contribution in [0.5, 0.6) is 0 Å². The molecule has 0 bridgehead atoms. The van der Waals surface area contributed by atoms with Crippen molar-refractivity contribution >= 4 is 5.69 Å². The number of rotatable bonds is 6. The molecule has 2 rings (SSSR count). The van der Waals surface area contributed by atoms with Gasteiger partial charge in [-0.2, -0.15) is 0 Å². The van der Waals surface area contributed by atoms with Gasteiger partial charge in [-0.05, 0) is 36.2 Å². The number of nitro benzene ring substituents is 1. The van der Waals surface area contributed by atoms with Crippen LogP contribution in [-0.2, 0) is 6.42 Å². The van der Waals surface area contributed by atoms with E-state index in [-0.39, 0.29) is 17.5 Å². The van der Waals surface area contributed by atoms with Crippen molar-refractivity contribution in [3.8, 4) is 0 Å². The van der Waals surface area contributed by atoms with Gasteiger partial charge in [-0.15, -0.1) is 0 Å². The van der Waals surface area contributed by atoms with Crippen LogP contribution in [-0.4, -0.2) is 11.5 Å². The first-order valence-electron chi connectivity index (χ1n) is 6.82. The van der Waals surface area contributed by atoms with Crippen LogP contribution >= 0.6 is 0 Å². The molecule has 1 unspecified atom stereocenters. The van der Waals surface area contributed by atoms with E-state index in [9.17, 15) is 14.5 Å². The van der Waals surface area contributed by atoms with Gasteiger partial charge < -0.3 is 5.32 Å². The van der Waals surface area contributed by atoms with Crippen LogP contribution < -0.4 is 5.32 Å². The molecular formula is C16H17FN2O2. The lowest BCUT2D eigenvalue weighted by atomic mass is 9.98. The van der Waals surface area contributed by atoms with Gasteiger partial charge in [0.1, 0.15) is 5.82 Å². The van der Waals surface area contributed by atoms with E-state index in [1.165, 1.54) is 24.3 Å². The van der Waals surface area contributed by atoms with Gasteiger partial charge in [0.25, 0.3) is 5.69 Å². The summed E-state index contributed by atoms with van der Waals surface area (Å²) in [4.78, 5) is 10.2. The van der Waals surface area contributed by atoms with E-state index in [0.29, 0.717) is 6.42 Å². The van der Waals surface area contributed by atoms with Crippen LogP contribution in [0.3, 0.4) is 0 Å². The molecule has 0 aromatic heterocycles. The first kappa shape index (κ1) is 15.1. The molecule has 110 valence electrons. The maximum Gasteiger partial charge on any atom is 0.269 e. The van der Waals surface area contributed by atoms with Crippen LogP contribution in [0, 0.1) is 15.9 Å². The summed E-state index contributed by atoms with van der Waals surface area (Å²) in [6, 6.07) is 13.0. The standard InChI is InChI=1S/C16H17FN2O2/c1-2-18-16(13-5-7-14(17)8-6-13)11-12-3-9-15(10-4-12)19(20)21/h3-10,16,18H,2,11H2,1H3. The number of hydrogen-bond donors (Lipinski definition) is 1. The Morgan fingerprint density at radius 1 is 1.14 bits per heavy atom. The van der Waals surface area contributed by atoms with Crippen molar-refractivity contribution in [3.63, 3.8) is 0 Å². The van der Waals surface area contributed by atoms with E-state index in [1.54, 1.807) is 24.3 Å². The van der Waals surface area contributed by atoms with Crippen molar-refractivity contribution in [1.29, 1.82) is 0 Å². The molecule has 0 saturated heterocycles. The van der Waals surface area contributed by atoms with Gasteiger partial charge in [-0.25, -0.2) is 4.39 Å². The number of nitrogens with zero attached hydrogens (tertiary/aromatic N) is 1. The molecule has 1 N–H and O–H groups in total. The summed E-state index contributed by atoms with van der Waals surface area (Å²) < 4.78 is 13.0. The summed E-state index contributed by atoms with van der Waals surface area (Å²) in [6.45, 7) is 2.79. The van der Waals surface area contributed by atoms with Crippen LogP contribution in [0.25, 0.3) is 0 Å². The first-order chi connectivity index (χ1) is 10.1. The highest BCUT2D eigenvalue weighted by atomic mass is 19.1. The van der Waals surface area contributed by atoms with Crippen molar-refractivity contribution in [1.82, 2.24) is 5.32 Å². The lowest BCUT2D eigenvalue weighted by molar-refractivity contribution is -0.384. The molecular weight excluding hydrogens is 271 g/mol. The van der Waals surface area contributed by atoms with Gasteiger partial charge in [0.15, 0.2) is 0 Å². The van der Waals surface area contributed by atoms with Crippen LogP contribution in [0.4, 0.5) is 10.1 Å². The summed E-state index contributed by atoms with van der Waals surface area (Å²) in [7, 11) is 0. The maximum absolute atomic E-state index is 13.0. The molecule has 2 aromatic rings. The van der Waals surface area contributed by atoms with E-state index < -0.39 is 4.92 Å². The summed E-state index contributed by atoms with van der Waals surface area (Å²) >= 11 is 0. The Morgan fingerprint density at radius 2 is 1.76 bits per heavy atom. The van der Waals surface area contributed by atoms with Crippen LogP contribution in [0.2, 0.25) is 0 Å². The van der Waals surface area contributed by atoms with Gasteiger partial charge in [-0.1, -0.05) is 31.2 Å². The van der Waals surface area contributed by atoms with Crippen molar-refractivity contribution in [3.05, 3.63) is 75.6 Å². The molecule has 2 aromatic carbocycles. The topological polar surface area (TPSA) is 55.2 Å². The number of halogens is 1. The Kier molecular flexibility index (Phi) is 5.00. The molecule has 0 spiro atoms. The third-order valence-electron chi connectivity index (χ3n) is 3.31. The Hall–Kier alpha value is -2.27. The van der Waals surface area contributed by atoms with Gasteiger partial charge in [-0.3, -0.25) is 10.1 Å². The van der Waals surface area contributed by atoms with Gasteiger partial charge >= 0.3 is 0 Å². The monoisotopic (exact) mass is 288 g/mol. The van der Waals surface area contributed by atoms with E-state index in [2.05, 4.69) is 5.32 Å². The quantitative estimate of drug-likeness (QED) is 0.652. The van der Waals surface area contributed by atoms with Crippen molar-refractivity contribution < 1.29 is 9.31 Å². The molecule has 0 heterocycles. The van der Waals surface area contributed by atoms with Gasteiger partial charge in [0.05, 0.1) is 4.92 Å². The molecule has 0 radical (unpaired) electrons. The van der Waals surface area contributed by atoms with Gasteiger partial charge in [0, 0.05) is 18.2 Å². The highest BCUT2D eigenvalue weighted by molar-refractivity contribution is 5.34. The molecule has 0 saturated carbocycles. The minimum absolute atomic E-state index is 0.0528. The molecule has 5 heteroatoms. The third kappa shape index (κ3) is 4.10. The molecule has 0 fully saturated rings. The second-order valence-corrected chi connectivity index (χ2v) is 4.79. The molecule has 0 amide bonds. The van der Waals surface area contributed by atoms with Crippen molar-refractivity contribution in [2.75, 3.05) is 6.54 Å². The maximum atomic E-state index is 13.0. The zero-order chi connectivity index (χ0) is 15.2. The minimum atomic E-state index is -0.411. The molecule has 21 heavy (non-hydrogen) atoms. The lowest BCUT2D eigenvalue weighted by Gasteiger charge is -2.18. The zero-order valence-electron chi connectivity index (χ0n) is 11.8. The number of non-ortho nitro benzene ring substituents is 1. The summed E-state index contributed by atoms with van der Waals surface area (Å²) in [6.07, 6.45) is 0.692. The van der Waals surface area contributed by atoms with E-state index >= 15 is 0 Å². The average Bonchev–Trinajstić information content (AvgIpc) is 2.48. The fraction of sp³-hybridized carbons (Fsp3) is 0.250. The van der Waals surface area contributed by atoms with Crippen LogP contribution in [0.1, 0.15) is 24.1 Å². The lowest BCUT2D eigenvalue weighted by Crippen LogP contribution is -2.22. The molecule has 4 nitrogen and oxygen atoms in total. The van der Waals surface area contributed by atoms with Crippen LogP contribution in [0.15, 0.2) is 48.5 Å². The second-order valence-electron chi connectivity index (χ2n) is 4.79. The number of hydrogen-bond acceptors (Lipinski definition) is 3. The predicted octanol–water partition coefficient (Wildman–Crippen LogP) is 3.63. The Morgan fingerprint density at radius 3 is 2.29 bits per heavy atom. The first-order valence-corrected chi connectivity index (χ1v) is 6.82. The largest absolute Gasteiger partial charge is 0.310 e. The predicted molar refractivity (Wildman–Crippen MR) is 79.6 cm³/mol. The summed E-state index contributed by atoms with van der Waals surface area (Å²) in [5.74, 6) is -0.260. The zero-order valence-corrected chi connectivity index (χ0v) is 11.8. The Balaban J connectivity index is 2.15. The smallest absolute Gasteiger partial charge is 0.269 e.